The average molecular weight is 272 g/mol. The van der Waals surface area contributed by atoms with Crippen LogP contribution in [0.4, 0.5) is 0 Å². The molecule has 0 atom stereocenters. The number of amidine groups is 1. The van der Waals surface area contributed by atoms with Crippen molar-refractivity contribution in [3.63, 3.8) is 0 Å². The van der Waals surface area contributed by atoms with Crippen LogP contribution >= 0.6 is 0 Å². The van der Waals surface area contributed by atoms with E-state index >= 15 is 0 Å². The summed E-state index contributed by atoms with van der Waals surface area (Å²) in [4.78, 5) is 0. The quantitative estimate of drug-likeness (QED) is 0.172. The second-order valence-corrected chi connectivity index (χ2v) is 3.52. The molecule has 0 unspecified atom stereocenters. The van der Waals surface area contributed by atoms with Crippen LogP contribution < -0.4 is 21.0 Å². The largest absolute Gasteiger partial charge is 0.619 e. The van der Waals surface area contributed by atoms with E-state index in [4.69, 9.17) is 16.8 Å². The zero-order valence-electron chi connectivity index (χ0n) is 10.4. The molecule has 0 aliphatic rings. The molecule has 0 fully saturated rings. The topological polar surface area (TPSA) is 142 Å². The van der Waals surface area contributed by atoms with Gasteiger partial charge in [0.2, 0.25) is 0 Å². The van der Waals surface area contributed by atoms with E-state index in [-0.39, 0.29) is 5.84 Å². The summed E-state index contributed by atoms with van der Waals surface area (Å²) in [5.41, 5.74) is 6.50. The molecule has 4 N–H and O–H groups in total. The van der Waals surface area contributed by atoms with Crippen LogP contribution in [0.2, 0.25) is 0 Å². The third-order valence-corrected chi connectivity index (χ3v) is 2.17. The number of rotatable bonds is 1. The van der Waals surface area contributed by atoms with E-state index in [0.717, 1.165) is 0 Å². The fourth-order valence-electron chi connectivity index (χ4n) is 1.15. The number of hydrogen-bond acceptors (Lipinski definition) is 5. The Morgan fingerprint density at radius 1 is 1.05 bits per heavy atom. The molecule has 2 rings (SSSR count). The minimum Gasteiger partial charge on any atom is -0.619 e. The zero-order chi connectivity index (χ0) is 15.0. The summed E-state index contributed by atoms with van der Waals surface area (Å²) in [5, 5.41) is 32.4. The molecular formula is C12H12N6O2. The minimum atomic E-state index is 0.214. The van der Waals surface area contributed by atoms with Crippen molar-refractivity contribution in [3.8, 4) is 6.07 Å². The molecule has 0 amide bonds. The van der Waals surface area contributed by atoms with Crippen LogP contribution in [0.1, 0.15) is 11.1 Å². The second kappa shape index (κ2) is 7.17. The number of nitrogens with zero attached hydrogens (tertiary/aromatic N) is 4. The summed E-state index contributed by atoms with van der Waals surface area (Å²) >= 11 is 0. The summed E-state index contributed by atoms with van der Waals surface area (Å²) in [6.45, 7) is 0. The lowest BCUT2D eigenvalue weighted by molar-refractivity contribution is -0.605. The summed E-state index contributed by atoms with van der Waals surface area (Å²) < 4.78 is 1.30. The van der Waals surface area contributed by atoms with Gasteiger partial charge in [-0.2, -0.15) is 19.8 Å². The molecule has 0 aliphatic carbocycles. The standard InChI is InChI=1S/C6H8N4O.C6H4N2O/c7-6(9-8)5-1-3-10(11)4-2-5;7-5-6-1-3-8(9)4-2-6/h1-4H,8H2,(H2,7,9);1-4H. The fraction of sp³-hybridized carbons (Fsp3) is 0. The first kappa shape index (κ1) is 14.7. The van der Waals surface area contributed by atoms with E-state index in [0.29, 0.717) is 20.6 Å². The average Bonchev–Trinajstić information content (AvgIpc) is 2.49. The van der Waals surface area contributed by atoms with Gasteiger partial charge in [0.05, 0.1) is 11.6 Å². The summed E-state index contributed by atoms with van der Waals surface area (Å²) in [6, 6.07) is 7.91. The number of nitrogens with two attached hydrogens (primary N) is 2. The SMILES string of the molecule is N#Cc1cc[n+]([O-])cc1.N/N=C(\N)c1cc[n+]([O-])cc1. The molecule has 2 aromatic rings. The van der Waals surface area contributed by atoms with Crippen molar-refractivity contribution in [1.29, 1.82) is 5.26 Å². The third kappa shape index (κ3) is 4.50. The molecule has 8 heteroatoms. The van der Waals surface area contributed by atoms with Gasteiger partial charge in [-0.15, -0.1) is 0 Å². The number of aromatic nitrogens is 2. The van der Waals surface area contributed by atoms with Gasteiger partial charge >= 0.3 is 0 Å². The van der Waals surface area contributed by atoms with Crippen molar-refractivity contribution < 1.29 is 9.46 Å². The third-order valence-electron chi connectivity index (χ3n) is 2.17. The van der Waals surface area contributed by atoms with E-state index in [1.807, 2.05) is 6.07 Å². The molecule has 102 valence electrons. The Bertz CT molecular complexity index is 616. The van der Waals surface area contributed by atoms with Gasteiger partial charge in [0.25, 0.3) is 0 Å². The van der Waals surface area contributed by atoms with Crippen LogP contribution in [0.25, 0.3) is 0 Å². The van der Waals surface area contributed by atoms with E-state index in [9.17, 15) is 10.4 Å². The number of hydrazone groups is 1. The Morgan fingerprint density at radius 3 is 1.90 bits per heavy atom. The highest BCUT2D eigenvalue weighted by Gasteiger charge is 1.97. The van der Waals surface area contributed by atoms with Crippen LogP contribution in [0.3, 0.4) is 0 Å². The Morgan fingerprint density at radius 2 is 1.50 bits per heavy atom. The van der Waals surface area contributed by atoms with Crippen molar-refractivity contribution in [2.24, 2.45) is 16.7 Å². The van der Waals surface area contributed by atoms with E-state index in [2.05, 4.69) is 5.10 Å². The van der Waals surface area contributed by atoms with Crippen molar-refractivity contribution in [3.05, 3.63) is 70.6 Å². The predicted molar refractivity (Wildman–Crippen MR) is 70.4 cm³/mol. The zero-order valence-corrected chi connectivity index (χ0v) is 10.4. The monoisotopic (exact) mass is 272 g/mol. The minimum absolute atomic E-state index is 0.214. The van der Waals surface area contributed by atoms with Crippen molar-refractivity contribution >= 4 is 5.84 Å². The number of pyridine rings is 2. The van der Waals surface area contributed by atoms with Gasteiger partial charge in [0.1, 0.15) is 0 Å². The van der Waals surface area contributed by atoms with E-state index in [1.54, 1.807) is 12.1 Å². The molecule has 0 radical (unpaired) electrons. The molecule has 20 heavy (non-hydrogen) atoms. The van der Waals surface area contributed by atoms with Gasteiger partial charge in [0.15, 0.2) is 30.6 Å². The van der Waals surface area contributed by atoms with E-state index < -0.39 is 0 Å². The highest BCUT2D eigenvalue weighted by Crippen LogP contribution is 1.92. The maximum atomic E-state index is 10.5. The smallest absolute Gasteiger partial charge is 0.181 e. The normalized spacial score (nSPS) is 10.1. The lowest BCUT2D eigenvalue weighted by Crippen LogP contribution is -2.25. The lowest BCUT2D eigenvalue weighted by atomic mass is 10.2. The van der Waals surface area contributed by atoms with Crippen molar-refractivity contribution in [1.82, 2.24) is 0 Å². The summed E-state index contributed by atoms with van der Waals surface area (Å²) in [5.74, 6) is 5.13. The van der Waals surface area contributed by atoms with Gasteiger partial charge < -0.3 is 22.0 Å². The first-order valence-electron chi connectivity index (χ1n) is 5.38. The van der Waals surface area contributed by atoms with Crippen LogP contribution in [0.15, 0.2) is 54.2 Å². The maximum Gasteiger partial charge on any atom is 0.181 e. The van der Waals surface area contributed by atoms with Gasteiger partial charge in [0, 0.05) is 29.8 Å². The maximum absolute atomic E-state index is 10.5. The highest BCUT2D eigenvalue weighted by atomic mass is 16.5. The first-order chi connectivity index (χ1) is 9.56. The molecule has 0 aromatic carbocycles. The summed E-state index contributed by atoms with van der Waals surface area (Å²) in [7, 11) is 0. The van der Waals surface area contributed by atoms with Crippen molar-refractivity contribution in [2.45, 2.75) is 0 Å². The predicted octanol–water partition coefficient (Wildman–Crippen LogP) is -0.909. The highest BCUT2D eigenvalue weighted by molar-refractivity contribution is 5.96. The molecule has 8 nitrogen and oxygen atoms in total. The van der Waals surface area contributed by atoms with Crippen molar-refractivity contribution in [2.75, 3.05) is 0 Å². The molecule has 0 aliphatic heterocycles. The Labute approximate surface area is 115 Å². The fourth-order valence-corrected chi connectivity index (χ4v) is 1.15. The van der Waals surface area contributed by atoms with Gasteiger partial charge in [-0.3, -0.25) is 0 Å². The molecule has 0 saturated heterocycles. The van der Waals surface area contributed by atoms with Crippen LogP contribution in [-0.2, 0) is 0 Å². The first-order valence-corrected chi connectivity index (χ1v) is 5.38. The number of nitriles is 1. The summed E-state index contributed by atoms with van der Waals surface area (Å²) in [6.07, 6.45) is 5.23. The van der Waals surface area contributed by atoms with Gasteiger partial charge in [-0.25, -0.2) is 0 Å². The second-order valence-electron chi connectivity index (χ2n) is 3.52. The Hall–Kier alpha value is -3.34. The molecule has 2 heterocycles. The molecule has 0 bridgehead atoms. The van der Waals surface area contributed by atoms with Crippen LogP contribution in [0.5, 0.6) is 0 Å². The van der Waals surface area contributed by atoms with Crippen LogP contribution in [-0.4, -0.2) is 5.84 Å². The van der Waals surface area contributed by atoms with Gasteiger partial charge in [-0.05, 0) is 0 Å². The molecule has 0 saturated carbocycles. The molecule has 0 spiro atoms. The lowest BCUT2D eigenvalue weighted by Gasteiger charge is -1.97. The Kier molecular flexibility index (Phi) is 5.28. The molecular weight excluding hydrogens is 260 g/mol. The van der Waals surface area contributed by atoms with E-state index in [1.165, 1.54) is 36.9 Å². The van der Waals surface area contributed by atoms with Crippen LogP contribution in [0, 0.1) is 21.7 Å². The number of hydrogen-bond donors (Lipinski definition) is 2. The molecule has 2 aromatic heterocycles. The Balaban J connectivity index is 0.000000204. The van der Waals surface area contributed by atoms with Gasteiger partial charge in [-0.1, -0.05) is 0 Å².